The third-order valence-electron chi connectivity index (χ3n) is 4.68. The highest BCUT2D eigenvalue weighted by atomic mass is 79.9. The Labute approximate surface area is 171 Å². The van der Waals surface area contributed by atoms with Crippen LogP contribution in [-0.2, 0) is 29.1 Å². The van der Waals surface area contributed by atoms with Crippen molar-refractivity contribution in [3.8, 4) is 0 Å². The minimum atomic E-state index is -4.20. The number of hydrogen-bond donors (Lipinski definition) is 0. The molecule has 2 unspecified atom stereocenters. The molecule has 28 heavy (non-hydrogen) atoms. The summed E-state index contributed by atoms with van der Waals surface area (Å²) in [7, 11) is -2.01. The van der Waals surface area contributed by atoms with Gasteiger partial charge in [0, 0.05) is 4.47 Å². The topological polar surface area (TPSA) is 89.8 Å². The van der Waals surface area contributed by atoms with E-state index in [-0.39, 0.29) is 4.90 Å². The summed E-state index contributed by atoms with van der Waals surface area (Å²) in [6.45, 7) is 1.82. The molecule has 1 fully saturated rings. The smallest absolute Gasteiger partial charge is 0.341 e. The first-order valence-electron chi connectivity index (χ1n) is 8.25. The van der Waals surface area contributed by atoms with Gasteiger partial charge in [-0.25, -0.2) is 18.0 Å². The van der Waals surface area contributed by atoms with E-state index in [9.17, 15) is 18.0 Å². The van der Waals surface area contributed by atoms with Crippen molar-refractivity contribution in [3.63, 3.8) is 0 Å². The van der Waals surface area contributed by atoms with Crippen LogP contribution in [-0.4, -0.2) is 44.4 Å². The molecule has 1 aliphatic heterocycles. The number of sulfonamides is 1. The quantitative estimate of drug-likeness (QED) is 0.381. The van der Waals surface area contributed by atoms with E-state index >= 15 is 0 Å². The fraction of sp³-hybridized carbons (Fsp3) is 0.263. The lowest BCUT2D eigenvalue weighted by molar-refractivity contribution is -0.157. The second-order valence-electron chi connectivity index (χ2n) is 6.29. The molecular formula is C19H18BrNO6S. The normalized spacial score (nSPS) is 20.3. The number of aryl methyl sites for hydroxylation is 1. The number of hydrogen-bond acceptors (Lipinski definition) is 6. The molecule has 148 valence electrons. The Kier molecular flexibility index (Phi) is 5.35. The number of nitrogens with zero attached hydrogens (tertiary/aromatic N) is 1. The fourth-order valence-electron chi connectivity index (χ4n) is 3.27. The van der Waals surface area contributed by atoms with Gasteiger partial charge in [0.15, 0.2) is 0 Å². The molecule has 0 radical (unpaired) electrons. The molecule has 0 bridgehead atoms. The van der Waals surface area contributed by atoms with Crippen molar-refractivity contribution >= 4 is 37.9 Å². The zero-order valence-electron chi connectivity index (χ0n) is 15.4. The Balaban J connectivity index is 2.23. The number of carbonyl (C=O) groups is 2. The van der Waals surface area contributed by atoms with Gasteiger partial charge in [-0.3, -0.25) is 0 Å². The van der Waals surface area contributed by atoms with Crippen LogP contribution >= 0.6 is 15.9 Å². The predicted molar refractivity (Wildman–Crippen MR) is 104 cm³/mol. The third-order valence-corrected chi connectivity index (χ3v) is 7.29. The summed E-state index contributed by atoms with van der Waals surface area (Å²) in [5, 5.41) is 0. The fourth-order valence-corrected chi connectivity index (χ4v) is 5.60. The van der Waals surface area contributed by atoms with Crippen LogP contribution in [0.4, 0.5) is 0 Å². The number of halogens is 1. The van der Waals surface area contributed by atoms with Crippen molar-refractivity contribution in [2.75, 3.05) is 14.2 Å². The number of benzene rings is 2. The van der Waals surface area contributed by atoms with Crippen molar-refractivity contribution in [1.29, 1.82) is 0 Å². The first kappa shape index (κ1) is 20.5. The number of carbonyl (C=O) groups excluding carboxylic acids is 2. The van der Waals surface area contributed by atoms with Gasteiger partial charge in [-0.05, 0) is 30.7 Å². The van der Waals surface area contributed by atoms with Crippen molar-refractivity contribution in [3.05, 3.63) is 64.1 Å². The highest BCUT2D eigenvalue weighted by Crippen LogP contribution is 2.59. The lowest BCUT2D eigenvalue weighted by atomic mass is 9.99. The molecule has 2 atom stereocenters. The molecular weight excluding hydrogens is 450 g/mol. The molecule has 0 saturated carbocycles. The van der Waals surface area contributed by atoms with E-state index in [1.54, 1.807) is 36.4 Å². The van der Waals surface area contributed by atoms with Gasteiger partial charge in [0.1, 0.15) is 0 Å². The SMILES string of the molecule is COC(=O)C1(C(=O)OC)C(c2ccccc2Br)N1S(=O)(=O)c1ccc(C)cc1. The number of methoxy groups -OCH3 is 2. The summed E-state index contributed by atoms with van der Waals surface area (Å²) in [4.78, 5) is 25.3. The minimum Gasteiger partial charge on any atom is -0.467 e. The van der Waals surface area contributed by atoms with E-state index in [1.165, 1.54) is 12.1 Å². The highest BCUT2D eigenvalue weighted by Gasteiger charge is 2.80. The van der Waals surface area contributed by atoms with Crippen LogP contribution in [0.2, 0.25) is 0 Å². The average molecular weight is 468 g/mol. The van der Waals surface area contributed by atoms with Gasteiger partial charge in [0.2, 0.25) is 10.0 Å². The number of esters is 2. The van der Waals surface area contributed by atoms with Crippen LogP contribution in [0.1, 0.15) is 17.2 Å². The summed E-state index contributed by atoms with van der Waals surface area (Å²) >= 11 is 3.36. The third kappa shape index (κ3) is 2.94. The summed E-state index contributed by atoms with van der Waals surface area (Å²) in [6.07, 6.45) is 0. The molecule has 1 aliphatic rings. The van der Waals surface area contributed by atoms with Crippen LogP contribution in [0.3, 0.4) is 0 Å². The van der Waals surface area contributed by atoms with E-state index in [1.807, 2.05) is 6.92 Å². The van der Waals surface area contributed by atoms with Gasteiger partial charge in [0.05, 0.1) is 25.2 Å². The molecule has 0 spiro atoms. The zero-order valence-corrected chi connectivity index (χ0v) is 17.8. The molecule has 2 aromatic rings. The van der Waals surface area contributed by atoms with E-state index in [2.05, 4.69) is 15.9 Å². The summed E-state index contributed by atoms with van der Waals surface area (Å²) in [5.74, 6) is -2.01. The molecule has 1 saturated heterocycles. The molecule has 3 rings (SSSR count). The van der Waals surface area contributed by atoms with E-state index < -0.39 is 33.5 Å². The lowest BCUT2D eigenvalue weighted by Gasteiger charge is -2.13. The maximum Gasteiger partial charge on any atom is 0.341 e. The summed E-state index contributed by atoms with van der Waals surface area (Å²) < 4.78 is 37.7. The first-order chi connectivity index (χ1) is 13.2. The van der Waals surface area contributed by atoms with Gasteiger partial charge in [-0.15, -0.1) is 0 Å². The van der Waals surface area contributed by atoms with E-state index in [4.69, 9.17) is 9.47 Å². The maximum atomic E-state index is 13.4. The molecule has 0 N–H and O–H groups in total. The van der Waals surface area contributed by atoms with Crippen LogP contribution in [0.5, 0.6) is 0 Å². The van der Waals surface area contributed by atoms with Crippen LogP contribution < -0.4 is 0 Å². The second kappa shape index (κ2) is 7.31. The first-order valence-corrected chi connectivity index (χ1v) is 10.5. The maximum absolute atomic E-state index is 13.4. The van der Waals surface area contributed by atoms with Crippen molar-refractivity contribution in [1.82, 2.24) is 4.31 Å². The van der Waals surface area contributed by atoms with Crippen molar-refractivity contribution < 1.29 is 27.5 Å². The Bertz CT molecular complexity index is 1020. The standard InChI is InChI=1S/C19H18BrNO6S/c1-12-8-10-13(11-9-12)28(24,25)21-16(14-6-4-5-7-15(14)20)19(21,17(22)26-2)18(23)27-3/h4-11,16H,1-3H3. The Morgan fingerprint density at radius 3 is 2.04 bits per heavy atom. The Hall–Kier alpha value is -2.23. The molecule has 0 aromatic heterocycles. The molecule has 9 heteroatoms. The van der Waals surface area contributed by atoms with Gasteiger partial charge in [-0.2, -0.15) is 4.31 Å². The monoisotopic (exact) mass is 467 g/mol. The van der Waals surface area contributed by atoms with Crippen LogP contribution in [0.25, 0.3) is 0 Å². The molecule has 1 heterocycles. The molecule has 7 nitrogen and oxygen atoms in total. The van der Waals surface area contributed by atoms with E-state index in [0.717, 1.165) is 24.1 Å². The summed E-state index contributed by atoms with van der Waals surface area (Å²) in [6, 6.07) is 11.8. The average Bonchev–Trinajstić information content (AvgIpc) is 3.39. The lowest BCUT2D eigenvalue weighted by Crippen LogP contribution is -2.42. The van der Waals surface area contributed by atoms with Gasteiger partial charge >= 0.3 is 11.9 Å². The number of rotatable bonds is 5. The minimum absolute atomic E-state index is 0.0372. The molecule has 0 aliphatic carbocycles. The van der Waals surface area contributed by atoms with Crippen molar-refractivity contribution in [2.24, 2.45) is 0 Å². The second-order valence-corrected chi connectivity index (χ2v) is 8.96. The van der Waals surface area contributed by atoms with E-state index in [0.29, 0.717) is 10.0 Å². The van der Waals surface area contributed by atoms with Crippen LogP contribution in [0.15, 0.2) is 57.9 Å². The largest absolute Gasteiger partial charge is 0.467 e. The zero-order chi connectivity index (χ0) is 20.7. The summed E-state index contributed by atoms with van der Waals surface area (Å²) in [5.41, 5.74) is -0.801. The highest BCUT2D eigenvalue weighted by molar-refractivity contribution is 9.10. The predicted octanol–water partition coefficient (Wildman–Crippen LogP) is 2.59. The molecule has 0 amide bonds. The molecule has 2 aromatic carbocycles. The van der Waals surface area contributed by atoms with Gasteiger partial charge in [0.25, 0.3) is 5.54 Å². The van der Waals surface area contributed by atoms with Crippen molar-refractivity contribution in [2.45, 2.75) is 23.4 Å². The van der Waals surface area contributed by atoms with Gasteiger partial charge < -0.3 is 9.47 Å². The van der Waals surface area contributed by atoms with Crippen LogP contribution in [0, 0.1) is 6.92 Å². The number of ether oxygens (including phenoxy) is 2. The Morgan fingerprint density at radius 2 is 1.54 bits per heavy atom. The van der Waals surface area contributed by atoms with Gasteiger partial charge in [-0.1, -0.05) is 51.8 Å². The Morgan fingerprint density at radius 1 is 1.00 bits per heavy atom.